The minimum atomic E-state index is 0.272. The molecule has 1 aromatic carbocycles. The van der Waals surface area contributed by atoms with Crippen molar-refractivity contribution >= 4 is 16.9 Å². The SMILES string of the molecule is NC1CCN(c2cnc3ccccc3n2)C1. The summed E-state index contributed by atoms with van der Waals surface area (Å²) >= 11 is 0. The summed E-state index contributed by atoms with van der Waals surface area (Å²) in [6, 6.07) is 8.19. The molecule has 3 rings (SSSR count). The predicted octanol–water partition coefficient (Wildman–Crippen LogP) is 1.17. The van der Waals surface area contributed by atoms with Gasteiger partial charge in [-0.15, -0.1) is 0 Å². The highest BCUT2D eigenvalue weighted by Gasteiger charge is 2.20. The second kappa shape index (κ2) is 3.72. The third-order valence-corrected chi connectivity index (χ3v) is 2.98. The van der Waals surface area contributed by atoms with E-state index in [1.807, 2.05) is 30.5 Å². The first-order valence-corrected chi connectivity index (χ1v) is 5.55. The molecule has 4 nitrogen and oxygen atoms in total. The van der Waals surface area contributed by atoms with Crippen molar-refractivity contribution in [2.24, 2.45) is 5.73 Å². The van der Waals surface area contributed by atoms with Crippen molar-refractivity contribution in [1.29, 1.82) is 0 Å². The molecular formula is C12H14N4. The quantitative estimate of drug-likeness (QED) is 0.774. The van der Waals surface area contributed by atoms with Crippen LogP contribution >= 0.6 is 0 Å². The van der Waals surface area contributed by atoms with E-state index in [4.69, 9.17) is 5.73 Å². The molecule has 16 heavy (non-hydrogen) atoms. The molecule has 0 amide bonds. The Hall–Kier alpha value is -1.68. The molecule has 2 N–H and O–H groups in total. The van der Waals surface area contributed by atoms with E-state index >= 15 is 0 Å². The average molecular weight is 214 g/mol. The van der Waals surface area contributed by atoms with Crippen molar-refractivity contribution in [3.63, 3.8) is 0 Å². The smallest absolute Gasteiger partial charge is 0.147 e. The maximum absolute atomic E-state index is 5.89. The van der Waals surface area contributed by atoms with Gasteiger partial charge in [0.15, 0.2) is 0 Å². The monoisotopic (exact) mass is 214 g/mol. The first-order chi connectivity index (χ1) is 7.83. The van der Waals surface area contributed by atoms with E-state index in [1.165, 1.54) is 0 Å². The van der Waals surface area contributed by atoms with Gasteiger partial charge in [0.2, 0.25) is 0 Å². The molecule has 1 aromatic heterocycles. The zero-order valence-corrected chi connectivity index (χ0v) is 9.00. The highest BCUT2D eigenvalue weighted by atomic mass is 15.2. The van der Waals surface area contributed by atoms with E-state index in [-0.39, 0.29) is 6.04 Å². The molecule has 0 aliphatic carbocycles. The molecule has 1 fully saturated rings. The summed E-state index contributed by atoms with van der Waals surface area (Å²) in [5, 5.41) is 0. The number of para-hydroxylation sites is 2. The molecule has 0 saturated carbocycles. The van der Waals surface area contributed by atoms with E-state index in [9.17, 15) is 0 Å². The molecule has 1 unspecified atom stereocenters. The molecule has 0 spiro atoms. The Morgan fingerprint density at radius 1 is 1.25 bits per heavy atom. The van der Waals surface area contributed by atoms with E-state index in [0.29, 0.717) is 0 Å². The standard InChI is InChI=1S/C12H14N4/c13-9-5-6-16(8-9)12-7-14-10-3-1-2-4-11(10)15-12/h1-4,7,9H,5-6,8,13H2. The van der Waals surface area contributed by atoms with Gasteiger partial charge in [-0.2, -0.15) is 0 Å². The van der Waals surface area contributed by atoms with Crippen LogP contribution in [0.2, 0.25) is 0 Å². The van der Waals surface area contributed by atoms with Crippen LogP contribution in [-0.4, -0.2) is 29.1 Å². The van der Waals surface area contributed by atoms with Gasteiger partial charge in [-0.05, 0) is 18.6 Å². The number of nitrogens with zero attached hydrogens (tertiary/aromatic N) is 3. The Kier molecular flexibility index (Phi) is 2.22. The summed E-state index contributed by atoms with van der Waals surface area (Å²) in [6.07, 6.45) is 2.87. The van der Waals surface area contributed by atoms with Gasteiger partial charge in [-0.3, -0.25) is 4.98 Å². The summed E-state index contributed by atoms with van der Waals surface area (Å²) < 4.78 is 0. The summed E-state index contributed by atoms with van der Waals surface area (Å²) in [5.74, 6) is 0.937. The minimum Gasteiger partial charge on any atom is -0.354 e. The van der Waals surface area contributed by atoms with Crippen LogP contribution in [0.4, 0.5) is 5.82 Å². The Morgan fingerprint density at radius 2 is 2.06 bits per heavy atom. The lowest BCUT2D eigenvalue weighted by atomic mass is 10.3. The molecule has 0 radical (unpaired) electrons. The third kappa shape index (κ3) is 1.61. The molecular weight excluding hydrogens is 200 g/mol. The van der Waals surface area contributed by atoms with Crippen LogP contribution < -0.4 is 10.6 Å². The lowest BCUT2D eigenvalue weighted by molar-refractivity contribution is 0.751. The summed E-state index contributed by atoms with van der Waals surface area (Å²) in [7, 11) is 0. The summed E-state index contributed by atoms with van der Waals surface area (Å²) in [6.45, 7) is 1.86. The molecule has 82 valence electrons. The van der Waals surface area contributed by atoms with Crippen molar-refractivity contribution in [2.75, 3.05) is 18.0 Å². The molecule has 2 aromatic rings. The van der Waals surface area contributed by atoms with Gasteiger partial charge < -0.3 is 10.6 Å². The zero-order chi connectivity index (χ0) is 11.0. The lowest BCUT2D eigenvalue weighted by Gasteiger charge is -2.16. The fraction of sp³-hybridized carbons (Fsp3) is 0.333. The molecule has 1 aliphatic rings. The second-order valence-electron chi connectivity index (χ2n) is 4.21. The number of rotatable bonds is 1. The molecule has 4 heteroatoms. The Bertz CT molecular complexity index is 511. The first-order valence-electron chi connectivity index (χ1n) is 5.55. The van der Waals surface area contributed by atoms with Gasteiger partial charge in [0.25, 0.3) is 0 Å². The number of aromatic nitrogens is 2. The zero-order valence-electron chi connectivity index (χ0n) is 9.00. The van der Waals surface area contributed by atoms with Crippen LogP contribution in [0.3, 0.4) is 0 Å². The fourth-order valence-electron chi connectivity index (χ4n) is 2.10. The Labute approximate surface area is 94.1 Å². The topological polar surface area (TPSA) is 55.0 Å². The van der Waals surface area contributed by atoms with Crippen molar-refractivity contribution in [1.82, 2.24) is 9.97 Å². The van der Waals surface area contributed by atoms with Gasteiger partial charge in [0.05, 0.1) is 17.2 Å². The highest BCUT2D eigenvalue weighted by Crippen LogP contribution is 2.19. The van der Waals surface area contributed by atoms with Gasteiger partial charge in [-0.1, -0.05) is 12.1 Å². The van der Waals surface area contributed by atoms with E-state index < -0.39 is 0 Å². The molecule has 1 saturated heterocycles. The van der Waals surface area contributed by atoms with E-state index in [2.05, 4.69) is 14.9 Å². The van der Waals surface area contributed by atoms with Crippen LogP contribution in [0.5, 0.6) is 0 Å². The fourth-order valence-corrected chi connectivity index (χ4v) is 2.10. The molecule has 1 aliphatic heterocycles. The van der Waals surface area contributed by atoms with Crippen LogP contribution in [0, 0.1) is 0 Å². The Morgan fingerprint density at radius 3 is 2.81 bits per heavy atom. The number of benzene rings is 1. The van der Waals surface area contributed by atoms with Crippen molar-refractivity contribution in [2.45, 2.75) is 12.5 Å². The number of fused-ring (bicyclic) bond motifs is 1. The van der Waals surface area contributed by atoms with Gasteiger partial charge in [0.1, 0.15) is 5.82 Å². The largest absolute Gasteiger partial charge is 0.354 e. The number of nitrogens with two attached hydrogens (primary N) is 1. The normalized spacial score (nSPS) is 20.6. The molecule has 2 heterocycles. The predicted molar refractivity (Wildman–Crippen MR) is 64.3 cm³/mol. The first kappa shape index (κ1) is 9.54. The molecule has 0 bridgehead atoms. The maximum Gasteiger partial charge on any atom is 0.147 e. The van der Waals surface area contributed by atoms with E-state index in [0.717, 1.165) is 36.4 Å². The van der Waals surface area contributed by atoms with Crippen LogP contribution in [0.15, 0.2) is 30.5 Å². The molecule has 1 atom stereocenters. The minimum absolute atomic E-state index is 0.272. The van der Waals surface area contributed by atoms with Gasteiger partial charge >= 0.3 is 0 Å². The highest BCUT2D eigenvalue weighted by molar-refractivity contribution is 5.75. The number of hydrogen-bond donors (Lipinski definition) is 1. The van der Waals surface area contributed by atoms with Crippen molar-refractivity contribution in [3.8, 4) is 0 Å². The summed E-state index contributed by atoms with van der Waals surface area (Å²) in [4.78, 5) is 11.2. The van der Waals surface area contributed by atoms with Gasteiger partial charge in [-0.25, -0.2) is 4.98 Å². The number of hydrogen-bond acceptors (Lipinski definition) is 4. The van der Waals surface area contributed by atoms with Crippen molar-refractivity contribution < 1.29 is 0 Å². The van der Waals surface area contributed by atoms with Crippen LogP contribution in [0.25, 0.3) is 11.0 Å². The van der Waals surface area contributed by atoms with Crippen LogP contribution in [0.1, 0.15) is 6.42 Å². The van der Waals surface area contributed by atoms with Gasteiger partial charge in [0, 0.05) is 19.1 Å². The second-order valence-corrected chi connectivity index (χ2v) is 4.21. The maximum atomic E-state index is 5.89. The van der Waals surface area contributed by atoms with Crippen LogP contribution in [-0.2, 0) is 0 Å². The lowest BCUT2D eigenvalue weighted by Crippen LogP contribution is -2.26. The number of anilines is 1. The Balaban J connectivity index is 1.99. The average Bonchev–Trinajstić information content (AvgIpc) is 2.75. The summed E-state index contributed by atoms with van der Waals surface area (Å²) in [5.41, 5.74) is 7.77. The third-order valence-electron chi connectivity index (χ3n) is 2.98. The van der Waals surface area contributed by atoms with Crippen molar-refractivity contribution in [3.05, 3.63) is 30.5 Å². The van der Waals surface area contributed by atoms with E-state index in [1.54, 1.807) is 0 Å².